The van der Waals surface area contributed by atoms with E-state index in [1.165, 1.54) is 0 Å². The van der Waals surface area contributed by atoms with Gasteiger partial charge in [-0.15, -0.1) is 0 Å². The summed E-state index contributed by atoms with van der Waals surface area (Å²) in [4.78, 5) is 0. The van der Waals surface area contributed by atoms with E-state index in [-0.39, 0.29) is 17.5 Å². The normalized spacial score (nSPS) is 13.5. The van der Waals surface area contributed by atoms with Gasteiger partial charge in [0.05, 0.1) is 11.5 Å². The Hall–Kier alpha value is -0.870. The van der Waals surface area contributed by atoms with Gasteiger partial charge in [-0.2, -0.15) is 0 Å². The van der Waals surface area contributed by atoms with Crippen molar-refractivity contribution < 1.29 is 8.42 Å². The smallest absolute Gasteiger partial charge is 0.155 e. The second-order valence-electron chi connectivity index (χ2n) is 5.21. The lowest BCUT2D eigenvalue weighted by Crippen LogP contribution is -2.35. The van der Waals surface area contributed by atoms with Gasteiger partial charge in [0.15, 0.2) is 9.84 Å². The molecule has 3 nitrogen and oxygen atoms in total. The molecule has 0 radical (unpaired) electrons. The molecule has 1 unspecified atom stereocenters. The Balaban J connectivity index is 2.78. The van der Waals surface area contributed by atoms with Crippen molar-refractivity contribution in [1.29, 1.82) is 0 Å². The van der Waals surface area contributed by atoms with Crippen LogP contribution in [0.5, 0.6) is 0 Å². The van der Waals surface area contributed by atoms with Gasteiger partial charge in [0.25, 0.3) is 0 Å². The molecular weight excluding hydrogens is 258 g/mol. The average molecular weight is 283 g/mol. The standard InChI is InChI=1S/C15H25NO2S/c1-5-15(16-6-2)11-19(17,18)10-14-8-12(3)7-13(4)9-14/h7-9,15-16H,5-6,10-11H2,1-4H3. The third-order valence-corrected chi connectivity index (χ3v) is 4.79. The fourth-order valence-electron chi connectivity index (χ4n) is 2.38. The molecule has 1 rings (SSSR count). The quantitative estimate of drug-likeness (QED) is 0.836. The maximum Gasteiger partial charge on any atom is 0.155 e. The van der Waals surface area contributed by atoms with Gasteiger partial charge in [0.2, 0.25) is 0 Å². The van der Waals surface area contributed by atoms with Crippen LogP contribution in [-0.4, -0.2) is 26.8 Å². The zero-order valence-electron chi connectivity index (χ0n) is 12.4. The van der Waals surface area contributed by atoms with Crippen molar-refractivity contribution in [3.05, 3.63) is 34.9 Å². The molecule has 0 saturated heterocycles. The third-order valence-electron chi connectivity index (χ3n) is 3.11. The second kappa shape index (κ2) is 7.06. The van der Waals surface area contributed by atoms with Crippen LogP contribution in [0.25, 0.3) is 0 Å². The molecule has 0 saturated carbocycles. The first-order valence-corrected chi connectivity index (χ1v) is 8.69. The highest BCUT2D eigenvalue weighted by Gasteiger charge is 2.18. The van der Waals surface area contributed by atoms with Crippen LogP contribution in [0.1, 0.15) is 37.0 Å². The lowest BCUT2D eigenvalue weighted by atomic mass is 10.1. The highest BCUT2D eigenvalue weighted by molar-refractivity contribution is 7.90. The first kappa shape index (κ1) is 16.2. The predicted molar refractivity (Wildman–Crippen MR) is 81.2 cm³/mol. The first-order chi connectivity index (χ1) is 8.86. The fourth-order valence-corrected chi connectivity index (χ4v) is 4.14. The summed E-state index contributed by atoms with van der Waals surface area (Å²) in [7, 11) is -3.06. The zero-order valence-corrected chi connectivity index (χ0v) is 13.2. The molecule has 108 valence electrons. The zero-order chi connectivity index (χ0) is 14.5. The number of sulfone groups is 1. The topological polar surface area (TPSA) is 46.2 Å². The Labute approximate surface area is 117 Å². The molecule has 0 aliphatic rings. The van der Waals surface area contributed by atoms with Gasteiger partial charge in [-0.25, -0.2) is 8.42 Å². The first-order valence-electron chi connectivity index (χ1n) is 6.87. The number of rotatable bonds is 7. The highest BCUT2D eigenvalue weighted by Crippen LogP contribution is 2.13. The van der Waals surface area contributed by atoms with E-state index in [0.29, 0.717) is 0 Å². The van der Waals surface area contributed by atoms with Gasteiger partial charge in [-0.05, 0) is 32.4 Å². The van der Waals surface area contributed by atoms with E-state index >= 15 is 0 Å². The minimum absolute atomic E-state index is 0.0564. The Kier molecular flexibility index (Phi) is 6.01. The molecule has 0 heterocycles. The molecule has 1 N–H and O–H groups in total. The lowest BCUT2D eigenvalue weighted by Gasteiger charge is -2.16. The number of benzene rings is 1. The van der Waals surface area contributed by atoms with Crippen LogP contribution in [0.2, 0.25) is 0 Å². The van der Waals surface area contributed by atoms with Crippen molar-refractivity contribution in [3.63, 3.8) is 0 Å². The Morgan fingerprint density at radius 3 is 2.16 bits per heavy atom. The minimum Gasteiger partial charge on any atom is -0.313 e. The number of nitrogens with one attached hydrogen (secondary N) is 1. The number of hydrogen-bond donors (Lipinski definition) is 1. The molecule has 4 heteroatoms. The summed E-state index contributed by atoms with van der Waals surface area (Å²) in [5.41, 5.74) is 3.12. The molecule has 0 aliphatic heterocycles. The molecule has 0 aromatic heterocycles. The summed E-state index contributed by atoms with van der Waals surface area (Å²) in [5, 5.41) is 3.22. The summed E-state index contributed by atoms with van der Waals surface area (Å²) in [6.45, 7) is 8.81. The largest absolute Gasteiger partial charge is 0.313 e. The molecule has 1 atom stereocenters. The van der Waals surface area contributed by atoms with Gasteiger partial charge in [0.1, 0.15) is 0 Å². The molecule has 19 heavy (non-hydrogen) atoms. The minimum atomic E-state index is -3.06. The van der Waals surface area contributed by atoms with Crippen molar-refractivity contribution in [2.24, 2.45) is 0 Å². The Morgan fingerprint density at radius 2 is 1.68 bits per heavy atom. The van der Waals surface area contributed by atoms with Crippen molar-refractivity contribution >= 4 is 9.84 Å². The van der Waals surface area contributed by atoms with Crippen LogP contribution in [0.15, 0.2) is 18.2 Å². The third kappa shape index (κ3) is 5.74. The van der Waals surface area contributed by atoms with E-state index in [1.807, 2.05) is 39.8 Å². The molecule has 0 amide bonds. The van der Waals surface area contributed by atoms with Crippen LogP contribution in [0, 0.1) is 13.8 Å². The summed E-state index contributed by atoms with van der Waals surface area (Å²) in [6, 6.07) is 6.03. The van der Waals surface area contributed by atoms with Crippen LogP contribution in [-0.2, 0) is 15.6 Å². The van der Waals surface area contributed by atoms with Crippen LogP contribution in [0.4, 0.5) is 0 Å². The number of hydrogen-bond acceptors (Lipinski definition) is 3. The van der Waals surface area contributed by atoms with Crippen molar-refractivity contribution in [2.75, 3.05) is 12.3 Å². The van der Waals surface area contributed by atoms with Gasteiger partial charge >= 0.3 is 0 Å². The van der Waals surface area contributed by atoms with E-state index in [2.05, 4.69) is 11.4 Å². The van der Waals surface area contributed by atoms with E-state index in [9.17, 15) is 8.42 Å². The molecular formula is C15H25NO2S. The maximum absolute atomic E-state index is 12.2. The molecule has 1 aromatic carbocycles. The van der Waals surface area contributed by atoms with E-state index < -0.39 is 9.84 Å². The van der Waals surface area contributed by atoms with Crippen LogP contribution >= 0.6 is 0 Å². The summed E-state index contributed by atoms with van der Waals surface area (Å²) < 4.78 is 24.5. The van der Waals surface area contributed by atoms with Gasteiger partial charge < -0.3 is 5.32 Å². The van der Waals surface area contributed by atoms with E-state index in [0.717, 1.165) is 29.7 Å². The molecule has 0 bridgehead atoms. The van der Waals surface area contributed by atoms with Gasteiger partial charge in [-0.3, -0.25) is 0 Å². The molecule has 1 aromatic rings. The van der Waals surface area contributed by atoms with Gasteiger partial charge in [0, 0.05) is 6.04 Å². The van der Waals surface area contributed by atoms with E-state index in [1.54, 1.807) is 0 Å². The Morgan fingerprint density at radius 1 is 1.11 bits per heavy atom. The average Bonchev–Trinajstić information content (AvgIpc) is 2.25. The SMILES string of the molecule is CCNC(CC)CS(=O)(=O)Cc1cc(C)cc(C)c1. The molecule has 0 spiro atoms. The summed E-state index contributed by atoms with van der Waals surface area (Å²) in [5.74, 6) is 0.349. The second-order valence-corrected chi connectivity index (χ2v) is 7.32. The predicted octanol–water partition coefficient (Wildman–Crippen LogP) is 2.61. The maximum atomic E-state index is 12.2. The fraction of sp³-hybridized carbons (Fsp3) is 0.600. The molecule has 0 aliphatic carbocycles. The van der Waals surface area contributed by atoms with Crippen molar-refractivity contribution in [1.82, 2.24) is 5.32 Å². The molecule has 0 fully saturated rings. The Bertz CT molecular complexity index is 489. The number of aryl methyl sites for hydroxylation is 2. The summed E-state index contributed by atoms with van der Waals surface area (Å²) >= 11 is 0. The van der Waals surface area contributed by atoms with Crippen molar-refractivity contribution in [3.8, 4) is 0 Å². The van der Waals surface area contributed by atoms with Gasteiger partial charge in [-0.1, -0.05) is 43.2 Å². The van der Waals surface area contributed by atoms with Crippen LogP contribution < -0.4 is 5.32 Å². The summed E-state index contributed by atoms with van der Waals surface area (Å²) in [6.07, 6.45) is 0.833. The lowest BCUT2D eigenvalue weighted by molar-refractivity contribution is 0.533. The van der Waals surface area contributed by atoms with Crippen molar-refractivity contribution in [2.45, 2.75) is 45.9 Å². The van der Waals surface area contributed by atoms with E-state index in [4.69, 9.17) is 0 Å². The monoisotopic (exact) mass is 283 g/mol. The highest BCUT2D eigenvalue weighted by atomic mass is 32.2. The van der Waals surface area contributed by atoms with Crippen LogP contribution in [0.3, 0.4) is 0 Å².